The Morgan fingerprint density at radius 3 is 2.57 bits per heavy atom. The maximum absolute atomic E-state index is 12.5. The monoisotopic (exact) mass is 294 g/mol. The van der Waals surface area contributed by atoms with Crippen LogP contribution in [0.4, 0.5) is 13.2 Å². The van der Waals surface area contributed by atoms with Crippen molar-refractivity contribution >= 4 is 22.3 Å². The number of carbonyl (C=O) groups is 1. The van der Waals surface area contributed by atoms with Crippen LogP contribution in [0.5, 0.6) is 5.75 Å². The molecule has 0 fully saturated rings. The average Bonchev–Trinajstić information content (AvgIpc) is 2.46. The van der Waals surface area contributed by atoms with Crippen molar-refractivity contribution in [3.05, 3.63) is 47.5 Å². The smallest absolute Gasteiger partial charge is 0.454 e. The second-order valence-corrected chi connectivity index (χ2v) is 4.61. The van der Waals surface area contributed by atoms with Crippen LogP contribution in [0.3, 0.4) is 0 Å². The Hall–Kier alpha value is -2.50. The van der Waals surface area contributed by atoms with Gasteiger partial charge in [-0.1, -0.05) is 30.3 Å². The maximum Gasteiger partial charge on any atom is 0.454 e. The highest BCUT2D eigenvalue weighted by molar-refractivity contribution is 6.07. The third-order valence-electron chi connectivity index (χ3n) is 3.31. The van der Waals surface area contributed by atoms with E-state index in [4.69, 9.17) is 4.74 Å². The fourth-order valence-electron chi connectivity index (χ4n) is 2.30. The second kappa shape index (κ2) is 4.51. The number of aliphatic hydroxyl groups excluding tert-OH is 1. The first kappa shape index (κ1) is 13.5. The first-order valence-electron chi connectivity index (χ1n) is 6.08. The minimum Gasteiger partial charge on any atom is -0.507 e. The van der Waals surface area contributed by atoms with Gasteiger partial charge in [0.15, 0.2) is 0 Å². The van der Waals surface area contributed by atoms with Gasteiger partial charge in [0, 0.05) is 5.39 Å². The van der Waals surface area contributed by atoms with Gasteiger partial charge in [-0.25, -0.2) is 0 Å². The molecule has 0 aromatic heterocycles. The molecule has 0 atom stereocenters. The molecule has 0 bridgehead atoms. The van der Waals surface area contributed by atoms with Gasteiger partial charge in [0.05, 0.1) is 11.1 Å². The number of benzene rings is 2. The summed E-state index contributed by atoms with van der Waals surface area (Å²) in [6.45, 7) is -0.606. The third kappa shape index (κ3) is 2.12. The highest BCUT2D eigenvalue weighted by Gasteiger charge is 2.43. The summed E-state index contributed by atoms with van der Waals surface area (Å²) in [4.78, 5) is 11.3. The molecule has 0 saturated heterocycles. The summed E-state index contributed by atoms with van der Waals surface area (Å²) < 4.78 is 42.8. The van der Waals surface area contributed by atoms with Crippen LogP contribution in [0.1, 0.15) is 5.56 Å². The third-order valence-corrected chi connectivity index (χ3v) is 3.31. The lowest BCUT2D eigenvalue weighted by molar-refractivity contribution is -0.167. The lowest BCUT2D eigenvalue weighted by Crippen LogP contribution is -2.29. The first-order chi connectivity index (χ1) is 9.89. The Bertz CT molecular complexity index is 775. The molecule has 108 valence electrons. The van der Waals surface area contributed by atoms with E-state index < -0.39 is 29.9 Å². The van der Waals surface area contributed by atoms with Crippen molar-refractivity contribution in [3.8, 4) is 5.75 Å². The second-order valence-electron chi connectivity index (χ2n) is 4.61. The summed E-state index contributed by atoms with van der Waals surface area (Å²) in [6, 6.07) is 10.2. The Labute approximate surface area is 117 Å². The van der Waals surface area contributed by atoms with Crippen LogP contribution in [0, 0.1) is 0 Å². The van der Waals surface area contributed by atoms with Gasteiger partial charge in [-0.15, -0.1) is 0 Å². The van der Waals surface area contributed by atoms with Gasteiger partial charge in [-0.2, -0.15) is 13.2 Å². The van der Waals surface area contributed by atoms with E-state index in [1.807, 2.05) is 12.1 Å². The summed E-state index contributed by atoms with van der Waals surface area (Å²) in [5.41, 5.74) is -0.683. The van der Waals surface area contributed by atoms with Gasteiger partial charge in [-0.05, 0) is 11.5 Å². The number of alkyl halides is 3. The largest absolute Gasteiger partial charge is 0.507 e. The number of fused-ring (bicyclic) bond motifs is 3. The summed E-state index contributed by atoms with van der Waals surface area (Å²) in [7, 11) is 0. The van der Waals surface area contributed by atoms with Crippen LogP contribution in [-0.2, 0) is 4.79 Å². The zero-order valence-corrected chi connectivity index (χ0v) is 10.6. The average molecular weight is 294 g/mol. The summed E-state index contributed by atoms with van der Waals surface area (Å²) in [5.74, 6) is -2.48. The molecule has 6 heteroatoms. The highest BCUT2D eigenvalue weighted by Crippen LogP contribution is 2.39. The molecule has 0 saturated carbocycles. The quantitative estimate of drug-likeness (QED) is 0.873. The number of hydrogen-bond acceptors (Lipinski definition) is 3. The van der Waals surface area contributed by atoms with Crippen molar-refractivity contribution in [2.75, 3.05) is 6.61 Å². The first-order valence-corrected chi connectivity index (χ1v) is 6.08. The molecule has 1 N–H and O–H groups in total. The normalized spacial score (nSPS) is 14.8. The fourth-order valence-corrected chi connectivity index (χ4v) is 2.30. The minimum atomic E-state index is -5.04. The molecule has 1 heterocycles. The molecule has 2 aromatic carbocycles. The molecule has 21 heavy (non-hydrogen) atoms. The Morgan fingerprint density at radius 1 is 1.14 bits per heavy atom. The van der Waals surface area contributed by atoms with Crippen molar-refractivity contribution in [1.29, 1.82) is 0 Å². The molecule has 3 nitrogen and oxygen atoms in total. The molecule has 1 aliphatic rings. The van der Waals surface area contributed by atoms with E-state index in [0.717, 1.165) is 5.39 Å². The van der Waals surface area contributed by atoms with Crippen molar-refractivity contribution in [2.24, 2.45) is 0 Å². The Balaban J connectivity index is 2.19. The number of carbonyl (C=O) groups excluding carboxylic acids is 1. The zero-order chi connectivity index (χ0) is 15.2. The predicted octanol–water partition coefficient (Wildman–Crippen LogP) is 3.63. The van der Waals surface area contributed by atoms with E-state index in [2.05, 4.69) is 0 Å². The van der Waals surface area contributed by atoms with Gasteiger partial charge in [0.25, 0.3) is 5.78 Å². The van der Waals surface area contributed by atoms with Crippen LogP contribution in [0.2, 0.25) is 0 Å². The summed E-state index contributed by atoms with van der Waals surface area (Å²) >= 11 is 0. The number of Topliss-reactive ketones (excluding diaryl/α,β-unsaturated/α-hetero) is 1. The molecular formula is C15H9F3O3. The molecule has 0 aliphatic carbocycles. The number of aliphatic hydroxyl groups is 1. The van der Waals surface area contributed by atoms with Gasteiger partial charge in [-0.3, -0.25) is 4.79 Å². The predicted molar refractivity (Wildman–Crippen MR) is 70.1 cm³/mol. The molecule has 3 rings (SSSR count). The zero-order valence-electron chi connectivity index (χ0n) is 10.6. The topological polar surface area (TPSA) is 46.5 Å². The van der Waals surface area contributed by atoms with Crippen molar-refractivity contribution < 1.29 is 27.8 Å². The van der Waals surface area contributed by atoms with E-state index in [1.54, 1.807) is 18.2 Å². The Morgan fingerprint density at radius 2 is 1.86 bits per heavy atom. The number of ketones is 1. The molecule has 0 unspecified atom stereocenters. The van der Waals surface area contributed by atoms with E-state index in [0.29, 0.717) is 5.39 Å². The Kier molecular flexibility index (Phi) is 2.90. The molecule has 0 radical (unpaired) electrons. The molecule has 0 amide bonds. The number of rotatable bonds is 1. The van der Waals surface area contributed by atoms with Crippen molar-refractivity contribution in [1.82, 2.24) is 0 Å². The SMILES string of the molecule is O=C(C1=C(O)c2ccc3ccccc3c2OC1)C(F)(F)F. The minimum absolute atomic E-state index is 0.0903. The fraction of sp³-hybridized carbons (Fsp3) is 0.133. The van der Waals surface area contributed by atoms with E-state index in [1.165, 1.54) is 6.07 Å². The number of ether oxygens (including phenoxy) is 1. The van der Waals surface area contributed by atoms with Gasteiger partial charge < -0.3 is 9.84 Å². The number of hydrogen-bond donors (Lipinski definition) is 1. The van der Waals surface area contributed by atoms with Gasteiger partial charge in [0.1, 0.15) is 18.1 Å². The van der Waals surface area contributed by atoms with Crippen molar-refractivity contribution in [2.45, 2.75) is 6.18 Å². The molecule has 0 spiro atoms. The van der Waals surface area contributed by atoms with E-state index in [9.17, 15) is 23.1 Å². The highest BCUT2D eigenvalue weighted by atomic mass is 19.4. The van der Waals surface area contributed by atoms with Crippen LogP contribution >= 0.6 is 0 Å². The van der Waals surface area contributed by atoms with E-state index >= 15 is 0 Å². The van der Waals surface area contributed by atoms with E-state index in [-0.39, 0.29) is 11.3 Å². The van der Waals surface area contributed by atoms with Crippen LogP contribution in [-0.4, -0.2) is 23.7 Å². The van der Waals surface area contributed by atoms with Crippen molar-refractivity contribution in [3.63, 3.8) is 0 Å². The summed E-state index contributed by atoms with van der Waals surface area (Å²) in [6.07, 6.45) is -5.04. The van der Waals surface area contributed by atoms with Crippen LogP contribution < -0.4 is 4.74 Å². The molecular weight excluding hydrogens is 285 g/mol. The van der Waals surface area contributed by atoms with Crippen LogP contribution in [0.15, 0.2) is 42.0 Å². The molecule has 2 aromatic rings. The molecule has 1 aliphatic heterocycles. The maximum atomic E-state index is 12.5. The van der Waals surface area contributed by atoms with Gasteiger partial charge >= 0.3 is 6.18 Å². The lowest BCUT2D eigenvalue weighted by atomic mass is 9.98. The number of halogens is 3. The standard InChI is InChI=1S/C15H9F3O3/c16-15(17,18)14(20)11-7-21-13-9-4-2-1-3-8(9)5-6-10(13)12(11)19/h1-6,19H,7H2. The summed E-state index contributed by atoms with van der Waals surface area (Å²) in [5, 5.41) is 11.5. The van der Waals surface area contributed by atoms with Crippen LogP contribution in [0.25, 0.3) is 16.5 Å². The lowest BCUT2D eigenvalue weighted by Gasteiger charge is -2.22. The van der Waals surface area contributed by atoms with Gasteiger partial charge in [0.2, 0.25) is 0 Å².